The van der Waals surface area contributed by atoms with E-state index in [1.165, 1.54) is 6.21 Å². The lowest BCUT2D eigenvalue weighted by Crippen LogP contribution is -2.47. The molecule has 0 bridgehead atoms. The molecule has 0 spiro atoms. The van der Waals surface area contributed by atoms with E-state index in [0.717, 1.165) is 48.8 Å². The minimum Gasteiger partial charge on any atom is -0.479 e. The second-order valence-electron chi connectivity index (χ2n) is 6.37. The van der Waals surface area contributed by atoms with Crippen LogP contribution in [0.5, 0.6) is 0 Å². The largest absolute Gasteiger partial charge is 0.479 e. The number of aryl methyl sites for hydroxylation is 1. The zero-order valence-electron chi connectivity index (χ0n) is 15.6. The molecule has 0 unspecified atom stereocenters. The third-order valence-electron chi connectivity index (χ3n) is 4.42. The summed E-state index contributed by atoms with van der Waals surface area (Å²) in [5, 5.41) is 12.1. The van der Waals surface area contributed by atoms with Gasteiger partial charge in [-0.05, 0) is 24.6 Å². The molecule has 10 nitrogen and oxygen atoms in total. The van der Waals surface area contributed by atoms with Gasteiger partial charge in [-0.15, -0.1) is 0 Å². The van der Waals surface area contributed by atoms with E-state index >= 15 is 0 Å². The molecule has 1 aromatic carbocycles. The van der Waals surface area contributed by atoms with Crippen molar-refractivity contribution in [3.8, 4) is 0 Å². The third kappa shape index (κ3) is 4.58. The van der Waals surface area contributed by atoms with Crippen LogP contribution in [0.3, 0.4) is 0 Å². The SMILES string of the molecule is Cc1nc(N)nc(N)c1N1CCN(c2ccc(C=NOCC(=O)O)cc2)CC1. The Morgan fingerprint density at radius 2 is 1.82 bits per heavy atom. The Morgan fingerprint density at radius 3 is 2.43 bits per heavy atom. The Bertz CT molecular complexity index is 839. The predicted molar refractivity (Wildman–Crippen MR) is 108 cm³/mol. The summed E-state index contributed by atoms with van der Waals surface area (Å²) in [6.07, 6.45) is 1.48. The average molecular weight is 385 g/mol. The molecule has 5 N–H and O–H groups in total. The summed E-state index contributed by atoms with van der Waals surface area (Å²) in [6, 6.07) is 7.82. The fourth-order valence-corrected chi connectivity index (χ4v) is 3.15. The van der Waals surface area contributed by atoms with E-state index in [1.807, 2.05) is 31.2 Å². The molecule has 0 amide bonds. The highest BCUT2D eigenvalue weighted by Gasteiger charge is 2.22. The van der Waals surface area contributed by atoms with Crippen molar-refractivity contribution in [1.29, 1.82) is 0 Å². The number of piperazine rings is 1. The maximum Gasteiger partial charge on any atom is 0.344 e. The molecule has 2 aromatic rings. The van der Waals surface area contributed by atoms with Crippen LogP contribution in [0.25, 0.3) is 0 Å². The lowest BCUT2D eigenvalue weighted by atomic mass is 10.2. The van der Waals surface area contributed by atoms with Gasteiger partial charge in [-0.25, -0.2) is 9.78 Å². The summed E-state index contributed by atoms with van der Waals surface area (Å²) in [5.74, 6) is -0.462. The van der Waals surface area contributed by atoms with Crippen molar-refractivity contribution in [2.24, 2.45) is 5.16 Å². The van der Waals surface area contributed by atoms with Crippen LogP contribution in [0.15, 0.2) is 29.4 Å². The number of benzene rings is 1. The highest BCUT2D eigenvalue weighted by molar-refractivity contribution is 5.80. The number of aliphatic carboxylic acids is 1. The van der Waals surface area contributed by atoms with Crippen molar-refractivity contribution < 1.29 is 14.7 Å². The lowest BCUT2D eigenvalue weighted by Gasteiger charge is -2.38. The first kappa shape index (κ1) is 19.2. The zero-order chi connectivity index (χ0) is 20.1. The number of hydrogen-bond donors (Lipinski definition) is 3. The second-order valence-corrected chi connectivity index (χ2v) is 6.37. The molecule has 1 aliphatic heterocycles. The van der Waals surface area contributed by atoms with E-state index in [2.05, 4.69) is 29.8 Å². The highest BCUT2D eigenvalue weighted by atomic mass is 16.6. The summed E-state index contributed by atoms with van der Waals surface area (Å²) in [6.45, 7) is 4.68. The molecule has 1 saturated heterocycles. The number of anilines is 4. The van der Waals surface area contributed by atoms with Crippen molar-refractivity contribution in [1.82, 2.24) is 9.97 Å². The summed E-state index contributed by atoms with van der Waals surface area (Å²) < 4.78 is 0. The van der Waals surface area contributed by atoms with Gasteiger partial charge in [-0.2, -0.15) is 4.98 Å². The normalized spacial score (nSPS) is 14.5. The first-order valence-electron chi connectivity index (χ1n) is 8.80. The van der Waals surface area contributed by atoms with Crippen LogP contribution < -0.4 is 21.3 Å². The van der Waals surface area contributed by atoms with Crippen LogP contribution in [0.2, 0.25) is 0 Å². The molecule has 2 heterocycles. The van der Waals surface area contributed by atoms with Gasteiger partial charge in [0.15, 0.2) is 5.82 Å². The summed E-state index contributed by atoms with van der Waals surface area (Å²) in [5.41, 5.74) is 15.2. The van der Waals surface area contributed by atoms with E-state index in [0.29, 0.717) is 5.82 Å². The van der Waals surface area contributed by atoms with Gasteiger partial charge in [0.1, 0.15) is 5.69 Å². The Hall–Kier alpha value is -3.56. The van der Waals surface area contributed by atoms with E-state index in [9.17, 15) is 4.79 Å². The first-order valence-corrected chi connectivity index (χ1v) is 8.80. The van der Waals surface area contributed by atoms with Crippen LogP contribution in [-0.2, 0) is 9.63 Å². The van der Waals surface area contributed by atoms with Crippen molar-refractivity contribution in [3.05, 3.63) is 35.5 Å². The smallest absolute Gasteiger partial charge is 0.344 e. The molecular formula is C18H23N7O3. The number of hydrogen-bond acceptors (Lipinski definition) is 9. The maximum atomic E-state index is 10.4. The van der Waals surface area contributed by atoms with Crippen LogP contribution in [0.1, 0.15) is 11.3 Å². The predicted octanol–water partition coefficient (Wildman–Crippen LogP) is 0.711. The van der Waals surface area contributed by atoms with Gasteiger partial charge in [0.2, 0.25) is 12.6 Å². The number of oxime groups is 1. The summed E-state index contributed by atoms with van der Waals surface area (Å²) in [4.78, 5) is 27.8. The van der Waals surface area contributed by atoms with Crippen molar-refractivity contribution >= 4 is 35.3 Å². The van der Waals surface area contributed by atoms with E-state index in [1.54, 1.807) is 0 Å². The number of carbonyl (C=O) groups is 1. The maximum absolute atomic E-state index is 10.4. The van der Waals surface area contributed by atoms with Gasteiger partial charge in [0, 0.05) is 31.9 Å². The van der Waals surface area contributed by atoms with Gasteiger partial charge in [0.25, 0.3) is 0 Å². The Balaban J connectivity index is 1.59. The molecule has 148 valence electrons. The fourth-order valence-electron chi connectivity index (χ4n) is 3.15. The summed E-state index contributed by atoms with van der Waals surface area (Å²) in [7, 11) is 0. The minimum absolute atomic E-state index is 0.189. The van der Waals surface area contributed by atoms with Crippen LogP contribution >= 0.6 is 0 Å². The molecule has 0 saturated carbocycles. The van der Waals surface area contributed by atoms with Gasteiger partial charge in [-0.3, -0.25) is 0 Å². The average Bonchev–Trinajstić information content (AvgIpc) is 2.65. The molecule has 10 heteroatoms. The van der Waals surface area contributed by atoms with Crippen LogP contribution in [0.4, 0.5) is 23.1 Å². The molecule has 1 aliphatic rings. The zero-order valence-corrected chi connectivity index (χ0v) is 15.6. The van der Waals surface area contributed by atoms with Gasteiger partial charge in [0.05, 0.1) is 11.9 Å². The van der Waals surface area contributed by atoms with Gasteiger partial charge in [-0.1, -0.05) is 17.3 Å². The highest BCUT2D eigenvalue weighted by Crippen LogP contribution is 2.27. The number of nitrogens with zero attached hydrogens (tertiary/aromatic N) is 5. The third-order valence-corrected chi connectivity index (χ3v) is 4.42. The van der Waals surface area contributed by atoms with Crippen LogP contribution in [-0.4, -0.2) is 60.0 Å². The first-order chi connectivity index (χ1) is 13.4. The summed E-state index contributed by atoms with van der Waals surface area (Å²) >= 11 is 0. The minimum atomic E-state index is -1.06. The molecule has 0 atom stereocenters. The lowest BCUT2D eigenvalue weighted by molar-refractivity contribution is -0.142. The molecule has 1 aromatic heterocycles. The van der Waals surface area contributed by atoms with Crippen molar-refractivity contribution in [2.45, 2.75) is 6.92 Å². The fraction of sp³-hybridized carbons (Fsp3) is 0.333. The Morgan fingerprint density at radius 1 is 1.18 bits per heavy atom. The number of carboxylic acids is 1. The topological polar surface area (TPSA) is 143 Å². The molecule has 1 fully saturated rings. The number of rotatable bonds is 6. The number of carboxylic acid groups (broad SMARTS) is 1. The van der Waals surface area contributed by atoms with E-state index in [-0.39, 0.29) is 5.95 Å². The molecule has 3 rings (SSSR count). The monoisotopic (exact) mass is 385 g/mol. The second kappa shape index (κ2) is 8.42. The van der Waals surface area contributed by atoms with Crippen LogP contribution in [0, 0.1) is 6.92 Å². The molecular weight excluding hydrogens is 362 g/mol. The number of aromatic nitrogens is 2. The van der Waals surface area contributed by atoms with Gasteiger partial charge >= 0.3 is 5.97 Å². The quantitative estimate of drug-likeness (QED) is 0.484. The molecule has 0 aliphatic carbocycles. The molecule has 28 heavy (non-hydrogen) atoms. The van der Waals surface area contributed by atoms with Crippen molar-refractivity contribution in [2.75, 3.05) is 54.1 Å². The Kier molecular flexibility index (Phi) is 5.78. The molecule has 0 radical (unpaired) electrons. The van der Waals surface area contributed by atoms with E-state index in [4.69, 9.17) is 16.6 Å². The van der Waals surface area contributed by atoms with E-state index < -0.39 is 12.6 Å². The van der Waals surface area contributed by atoms with Gasteiger partial charge < -0.3 is 31.2 Å². The number of nitrogen functional groups attached to an aromatic ring is 2. The number of nitrogens with two attached hydrogens (primary N) is 2. The standard InChI is InChI=1S/C18H23N7O3/c1-12-16(17(19)23-18(20)22-12)25-8-6-24(7-9-25)14-4-2-13(3-5-14)10-21-28-11-15(26)27/h2-5,10H,6-9,11H2,1H3,(H,26,27)(H4,19,20,22,23). The Labute approximate surface area is 162 Å². The van der Waals surface area contributed by atoms with Crippen molar-refractivity contribution in [3.63, 3.8) is 0 Å².